The zero-order valence-corrected chi connectivity index (χ0v) is 9.63. The lowest BCUT2D eigenvalue weighted by atomic mass is 10.2. The van der Waals surface area contributed by atoms with Crippen LogP contribution in [0.15, 0.2) is 18.2 Å². The van der Waals surface area contributed by atoms with Crippen molar-refractivity contribution >= 4 is 11.7 Å². The smallest absolute Gasteiger partial charge is 0.316 e. The molecule has 0 spiro atoms. The largest absolute Gasteiger partial charge is 0.495 e. The molecule has 15 heavy (non-hydrogen) atoms. The van der Waals surface area contributed by atoms with Crippen LogP contribution in [0.25, 0.3) is 0 Å². The normalized spacial score (nSPS) is 8.53. The minimum absolute atomic E-state index is 0.593. The minimum Gasteiger partial charge on any atom is -0.495 e. The van der Waals surface area contributed by atoms with Crippen LogP contribution in [0.5, 0.6) is 5.75 Å². The third kappa shape index (κ3) is 4.35. The molecule has 0 saturated heterocycles. The molecule has 1 aromatic rings. The summed E-state index contributed by atoms with van der Waals surface area (Å²) in [5, 5.41) is 2.48. The molecule has 0 fully saturated rings. The number of ether oxygens (including phenoxy) is 1. The van der Waals surface area contributed by atoms with Gasteiger partial charge in [0.05, 0.1) is 12.8 Å². The summed E-state index contributed by atoms with van der Waals surface area (Å²) in [6, 6.07) is 4.87. The molecular formula is C11H18N2O2. The molecule has 0 unspecified atom stereocenters. The van der Waals surface area contributed by atoms with E-state index in [0.29, 0.717) is 11.4 Å². The number of anilines is 1. The fourth-order valence-electron chi connectivity index (χ4n) is 1.05. The van der Waals surface area contributed by atoms with Gasteiger partial charge in [0, 0.05) is 0 Å². The molecule has 0 atom stereocenters. The zero-order chi connectivity index (χ0) is 11.8. The van der Waals surface area contributed by atoms with Gasteiger partial charge < -0.3 is 15.8 Å². The van der Waals surface area contributed by atoms with Gasteiger partial charge in [-0.15, -0.1) is 0 Å². The average molecular weight is 210 g/mol. The fraction of sp³-hybridized carbons (Fsp3) is 0.364. The van der Waals surface area contributed by atoms with E-state index in [-0.39, 0.29) is 0 Å². The molecule has 0 bridgehead atoms. The molecular weight excluding hydrogens is 192 g/mol. The predicted molar refractivity (Wildman–Crippen MR) is 62.3 cm³/mol. The Bertz CT molecular complexity index is 324. The number of carbonyl (C=O) groups excluding carboxylic acids is 1. The van der Waals surface area contributed by atoms with Gasteiger partial charge in [-0.1, -0.05) is 19.9 Å². The molecule has 3 N–H and O–H groups in total. The Hall–Kier alpha value is -1.71. The van der Waals surface area contributed by atoms with Crippen LogP contribution in [0.3, 0.4) is 0 Å². The van der Waals surface area contributed by atoms with Crippen molar-refractivity contribution in [2.24, 2.45) is 5.73 Å². The van der Waals surface area contributed by atoms with E-state index in [1.54, 1.807) is 12.1 Å². The fourth-order valence-corrected chi connectivity index (χ4v) is 1.05. The van der Waals surface area contributed by atoms with Crippen LogP contribution in [0.2, 0.25) is 0 Å². The van der Waals surface area contributed by atoms with Crippen molar-refractivity contribution in [2.45, 2.75) is 20.8 Å². The summed E-state index contributed by atoms with van der Waals surface area (Å²) in [5.41, 5.74) is 6.62. The van der Waals surface area contributed by atoms with Crippen molar-refractivity contribution in [3.8, 4) is 5.75 Å². The van der Waals surface area contributed by atoms with Crippen LogP contribution in [0, 0.1) is 6.92 Å². The van der Waals surface area contributed by atoms with Crippen molar-refractivity contribution in [2.75, 3.05) is 12.4 Å². The summed E-state index contributed by atoms with van der Waals surface area (Å²) >= 11 is 0. The van der Waals surface area contributed by atoms with E-state index in [1.165, 1.54) is 7.11 Å². The lowest BCUT2D eigenvalue weighted by molar-refractivity contribution is 0.259. The molecule has 0 aliphatic carbocycles. The molecule has 2 amide bonds. The van der Waals surface area contributed by atoms with Crippen molar-refractivity contribution in [3.63, 3.8) is 0 Å². The molecule has 0 aliphatic rings. The van der Waals surface area contributed by atoms with Gasteiger partial charge in [0.2, 0.25) is 0 Å². The maximum atomic E-state index is 10.6. The van der Waals surface area contributed by atoms with Crippen LogP contribution in [-0.2, 0) is 0 Å². The van der Waals surface area contributed by atoms with Gasteiger partial charge in [-0.3, -0.25) is 0 Å². The van der Waals surface area contributed by atoms with E-state index in [1.807, 2.05) is 26.8 Å². The van der Waals surface area contributed by atoms with E-state index in [0.717, 1.165) is 5.56 Å². The summed E-state index contributed by atoms with van der Waals surface area (Å²) in [6.07, 6.45) is 0. The first-order chi connectivity index (χ1) is 7.13. The van der Waals surface area contributed by atoms with Gasteiger partial charge in [0.1, 0.15) is 5.75 Å². The first kappa shape index (κ1) is 13.3. The first-order valence-electron chi connectivity index (χ1n) is 4.84. The van der Waals surface area contributed by atoms with Crippen LogP contribution in [0.4, 0.5) is 10.5 Å². The Kier molecular flexibility index (Phi) is 5.94. The average Bonchev–Trinajstić information content (AvgIpc) is 2.20. The van der Waals surface area contributed by atoms with Crippen molar-refractivity contribution < 1.29 is 9.53 Å². The van der Waals surface area contributed by atoms with E-state index in [4.69, 9.17) is 10.5 Å². The highest BCUT2D eigenvalue weighted by Gasteiger charge is 2.03. The Morgan fingerprint density at radius 2 is 2.00 bits per heavy atom. The predicted octanol–water partition coefficient (Wildman–Crippen LogP) is 2.52. The Morgan fingerprint density at radius 3 is 2.47 bits per heavy atom. The highest BCUT2D eigenvalue weighted by molar-refractivity contribution is 5.89. The maximum Gasteiger partial charge on any atom is 0.316 e. The number of amides is 2. The van der Waals surface area contributed by atoms with E-state index >= 15 is 0 Å². The highest BCUT2D eigenvalue weighted by atomic mass is 16.5. The number of urea groups is 1. The Morgan fingerprint density at radius 1 is 1.40 bits per heavy atom. The van der Waals surface area contributed by atoms with Crippen LogP contribution >= 0.6 is 0 Å². The molecule has 4 heteroatoms. The second-order valence-corrected chi connectivity index (χ2v) is 2.69. The lowest BCUT2D eigenvalue weighted by Gasteiger charge is -2.08. The number of aryl methyl sites for hydroxylation is 1. The quantitative estimate of drug-likeness (QED) is 0.787. The Balaban J connectivity index is 0.000000921. The molecule has 0 aromatic heterocycles. The standard InChI is InChI=1S/C9H12N2O2.C2H6/c1-6-3-4-8(13-2)7(5-6)11-9(10)12;1-2/h3-5H,1-2H3,(H3,10,11,12);1-2H3. The van der Waals surface area contributed by atoms with E-state index < -0.39 is 6.03 Å². The molecule has 1 aromatic carbocycles. The number of primary amides is 1. The third-order valence-electron chi connectivity index (χ3n) is 1.61. The number of nitrogens with one attached hydrogen (secondary N) is 1. The molecule has 4 nitrogen and oxygen atoms in total. The monoisotopic (exact) mass is 210 g/mol. The molecule has 0 aliphatic heterocycles. The SMILES string of the molecule is CC.COc1ccc(C)cc1NC(N)=O. The summed E-state index contributed by atoms with van der Waals surface area (Å²) in [6.45, 7) is 5.92. The summed E-state index contributed by atoms with van der Waals surface area (Å²) in [4.78, 5) is 10.6. The van der Waals surface area contributed by atoms with E-state index in [9.17, 15) is 4.79 Å². The van der Waals surface area contributed by atoms with Gasteiger partial charge >= 0.3 is 6.03 Å². The number of carbonyl (C=O) groups is 1. The second kappa shape index (κ2) is 6.70. The number of hydrogen-bond acceptors (Lipinski definition) is 2. The van der Waals surface area contributed by atoms with Gasteiger partial charge in [-0.05, 0) is 24.6 Å². The third-order valence-corrected chi connectivity index (χ3v) is 1.61. The first-order valence-corrected chi connectivity index (χ1v) is 4.84. The van der Waals surface area contributed by atoms with Gasteiger partial charge in [-0.2, -0.15) is 0 Å². The second-order valence-electron chi connectivity index (χ2n) is 2.69. The molecule has 0 radical (unpaired) electrons. The van der Waals surface area contributed by atoms with E-state index in [2.05, 4.69) is 5.32 Å². The molecule has 1 rings (SSSR count). The summed E-state index contributed by atoms with van der Waals surface area (Å²) in [7, 11) is 1.54. The van der Waals surface area contributed by atoms with Crippen molar-refractivity contribution in [1.82, 2.24) is 0 Å². The van der Waals surface area contributed by atoms with Crippen LogP contribution in [-0.4, -0.2) is 13.1 Å². The van der Waals surface area contributed by atoms with Gasteiger partial charge in [-0.25, -0.2) is 4.79 Å². The molecule has 0 heterocycles. The molecule has 0 saturated carbocycles. The number of rotatable bonds is 2. The lowest BCUT2D eigenvalue weighted by Crippen LogP contribution is -2.19. The van der Waals surface area contributed by atoms with Crippen LogP contribution < -0.4 is 15.8 Å². The Labute approximate surface area is 90.4 Å². The number of nitrogens with two attached hydrogens (primary N) is 1. The van der Waals surface area contributed by atoms with Gasteiger partial charge in [0.15, 0.2) is 0 Å². The number of benzene rings is 1. The van der Waals surface area contributed by atoms with Crippen LogP contribution in [0.1, 0.15) is 19.4 Å². The van der Waals surface area contributed by atoms with Crippen molar-refractivity contribution in [3.05, 3.63) is 23.8 Å². The maximum absolute atomic E-state index is 10.6. The molecule has 84 valence electrons. The number of hydrogen-bond donors (Lipinski definition) is 2. The summed E-state index contributed by atoms with van der Waals surface area (Å²) in [5.74, 6) is 0.601. The highest BCUT2D eigenvalue weighted by Crippen LogP contribution is 2.24. The zero-order valence-electron chi connectivity index (χ0n) is 9.63. The summed E-state index contributed by atoms with van der Waals surface area (Å²) < 4.78 is 5.03. The minimum atomic E-state index is -0.594. The number of methoxy groups -OCH3 is 1. The topological polar surface area (TPSA) is 64.3 Å². The van der Waals surface area contributed by atoms with Crippen molar-refractivity contribution in [1.29, 1.82) is 0 Å². The van der Waals surface area contributed by atoms with Gasteiger partial charge in [0.25, 0.3) is 0 Å².